The minimum atomic E-state index is -0.930. The summed E-state index contributed by atoms with van der Waals surface area (Å²) in [4.78, 5) is 33.6. The van der Waals surface area contributed by atoms with Gasteiger partial charge in [0.05, 0.1) is 4.92 Å². The number of benzene rings is 1. The first-order chi connectivity index (χ1) is 11.4. The molecule has 2 atom stereocenters. The van der Waals surface area contributed by atoms with Gasteiger partial charge in [0, 0.05) is 24.1 Å². The maximum atomic E-state index is 12.0. The maximum absolute atomic E-state index is 12.0. The molecule has 1 saturated heterocycles. The molecule has 1 fully saturated rings. The number of nitrogens with zero attached hydrogens (tertiary/aromatic N) is 1. The number of non-ortho nitro benzene ring substituents is 1. The predicted molar refractivity (Wildman–Crippen MR) is 80.2 cm³/mol. The summed E-state index contributed by atoms with van der Waals surface area (Å²) in [6.07, 6.45) is -0.913. The molecule has 2 heterocycles. The van der Waals surface area contributed by atoms with Crippen LogP contribution in [-0.2, 0) is 14.3 Å². The van der Waals surface area contributed by atoms with Gasteiger partial charge >= 0.3 is 11.9 Å². The Morgan fingerprint density at radius 2 is 1.96 bits per heavy atom. The van der Waals surface area contributed by atoms with Crippen LogP contribution in [0.3, 0.4) is 0 Å². The van der Waals surface area contributed by atoms with Gasteiger partial charge < -0.3 is 13.9 Å². The minimum absolute atomic E-state index is 0.0428. The number of carbonyl (C=O) groups excluding carboxylic acids is 2. The summed E-state index contributed by atoms with van der Waals surface area (Å²) in [7, 11) is 0. The van der Waals surface area contributed by atoms with Gasteiger partial charge in [-0.15, -0.1) is 0 Å². The number of hydrogen-bond donors (Lipinski definition) is 0. The van der Waals surface area contributed by atoms with Crippen molar-refractivity contribution in [3.8, 4) is 11.3 Å². The molecular weight excluding hydrogens is 318 g/mol. The molecule has 2 aromatic rings. The van der Waals surface area contributed by atoms with E-state index in [2.05, 4.69) is 0 Å². The molecule has 1 aliphatic rings. The number of cyclic esters (lactones) is 1. The number of rotatable bonds is 4. The summed E-state index contributed by atoms with van der Waals surface area (Å²) in [6, 6.07) is 8.68. The zero-order valence-electron chi connectivity index (χ0n) is 12.6. The zero-order chi connectivity index (χ0) is 17.3. The van der Waals surface area contributed by atoms with Gasteiger partial charge in [0.1, 0.15) is 11.9 Å². The van der Waals surface area contributed by atoms with E-state index < -0.39 is 23.0 Å². The van der Waals surface area contributed by atoms with Crippen LogP contribution in [0.5, 0.6) is 0 Å². The standard InChI is InChI=1S/C16H13NO7/c1-9-8-14(16(19)22-9)24-15(18)13-7-6-12(23-13)10-2-4-11(5-3-10)17(20)21/h2-7,9,14H,8H2,1H3/t9-,14-/m1/s1. The number of esters is 2. The third-order valence-electron chi connectivity index (χ3n) is 3.55. The largest absolute Gasteiger partial charge is 0.460 e. The topological polar surface area (TPSA) is 109 Å². The van der Waals surface area contributed by atoms with E-state index in [9.17, 15) is 19.7 Å². The Bertz CT molecular complexity index is 793. The summed E-state index contributed by atoms with van der Waals surface area (Å²) >= 11 is 0. The van der Waals surface area contributed by atoms with Gasteiger partial charge in [-0.05, 0) is 31.2 Å². The Morgan fingerprint density at radius 3 is 2.54 bits per heavy atom. The SMILES string of the molecule is C[C@@H]1C[C@@H](OC(=O)c2ccc(-c3ccc([N+](=O)[O-])cc3)o2)C(=O)O1. The molecule has 0 saturated carbocycles. The highest BCUT2D eigenvalue weighted by atomic mass is 16.6. The molecule has 0 spiro atoms. The molecule has 0 radical (unpaired) electrons. The first-order valence-corrected chi connectivity index (χ1v) is 7.20. The van der Waals surface area contributed by atoms with Crippen LogP contribution in [0.15, 0.2) is 40.8 Å². The van der Waals surface area contributed by atoms with E-state index in [0.717, 1.165) is 0 Å². The van der Waals surface area contributed by atoms with E-state index in [1.165, 1.54) is 30.3 Å². The molecule has 0 N–H and O–H groups in total. The van der Waals surface area contributed by atoms with E-state index in [0.29, 0.717) is 17.7 Å². The smallest absolute Gasteiger partial charge is 0.375 e. The summed E-state index contributed by atoms with van der Waals surface area (Å²) in [5, 5.41) is 10.6. The number of furan rings is 1. The Labute approximate surface area is 136 Å². The van der Waals surface area contributed by atoms with Gasteiger partial charge in [-0.1, -0.05) is 0 Å². The van der Waals surface area contributed by atoms with E-state index in [1.54, 1.807) is 13.0 Å². The van der Waals surface area contributed by atoms with Crippen molar-refractivity contribution < 1.29 is 28.4 Å². The van der Waals surface area contributed by atoms with Gasteiger partial charge in [-0.25, -0.2) is 9.59 Å². The summed E-state index contributed by atoms with van der Waals surface area (Å²) < 4.78 is 15.4. The Hall–Kier alpha value is -3.16. The third kappa shape index (κ3) is 3.12. The zero-order valence-corrected chi connectivity index (χ0v) is 12.6. The quantitative estimate of drug-likeness (QED) is 0.481. The first kappa shape index (κ1) is 15.7. The predicted octanol–water partition coefficient (Wildman–Crippen LogP) is 2.72. The van der Waals surface area contributed by atoms with Crippen molar-refractivity contribution in [3.63, 3.8) is 0 Å². The fourth-order valence-electron chi connectivity index (χ4n) is 2.35. The molecule has 1 aliphatic heterocycles. The Morgan fingerprint density at radius 1 is 1.25 bits per heavy atom. The molecule has 1 aromatic heterocycles. The third-order valence-corrected chi connectivity index (χ3v) is 3.55. The monoisotopic (exact) mass is 331 g/mol. The second kappa shape index (κ2) is 6.15. The second-order valence-corrected chi connectivity index (χ2v) is 5.35. The van der Waals surface area contributed by atoms with Crippen molar-refractivity contribution in [2.75, 3.05) is 0 Å². The molecule has 1 aromatic carbocycles. The first-order valence-electron chi connectivity index (χ1n) is 7.20. The molecule has 0 aliphatic carbocycles. The van der Waals surface area contributed by atoms with E-state index in [-0.39, 0.29) is 17.6 Å². The number of hydrogen-bond acceptors (Lipinski definition) is 7. The van der Waals surface area contributed by atoms with Crippen molar-refractivity contribution in [2.24, 2.45) is 0 Å². The van der Waals surface area contributed by atoms with Crippen LogP contribution in [0.1, 0.15) is 23.9 Å². The van der Waals surface area contributed by atoms with Crippen LogP contribution in [0.2, 0.25) is 0 Å². The van der Waals surface area contributed by atoms with Crippen LogP contribution in [0.4, 0.5) is 5.69 Å². The molecule has 8 heteroatoms. The summed E-state index contributed by atoms with van der Waals surface area (Å²) in [5.74, 6) is -1.04. The lowest BCUT2D eigenvalue weighted by atomic mass is 10.1. The van der Waals surface area contributed by atoms with Gasteiger partial charge in [-0.3, -0.25) is 10.1 Å². The van der Waals surface area contributed by atoms with Gasteiger partial charge in [0.25, 0.3) is 5.69 Å². The average molecular weight is 331 g/mol. The van der Waals surface area contributed by atoms with Crippen LogP contribution in [-0.4, -0.2) is 29.1 Å². The number of nitro groups is 1. The summed E-state index contributed by atoms with van der Waals surface area (Å²) in [5.41, 5.74) is 0.535. The van der Waals surface area contributed by atoms with Crippen LogP contribution in [0, 0.1) is 10.1 Å². The number of ether oxygens (including phenoxy) is 2. The Kier molecular flexibility index (Phi) is 4.03. The van der Waals surface area contributed by atoms with Crippen molar-refractivity contribution in [1.29, 1.82) is 0 Å². The molecule has 0 amide bonds. The lowest BCUT2D eigenvalue weighted by molar-refractivity contribution is -0.384. The van der Waals surface area contributed by atoms with Gasteiger partial charge in [-0.2, -0.15) is 0 Å². The fourth-order valence-corrected chi connectivity index (χ4v) is 2.35. The van der Waals surface area contributed by atoms with Crippen molar-refractivity contribution in [3.05, 3.63) is 52.3 Å². The highest BCUT2D eigenvalue weighted by Crippen LogP contribution is 2.26. The molecule has 124 valence electrons. The Balaban J connectivity index is 1.72. The van der Waals surface area contributed by atoms with Gasteiger partial charge in [0.2, 0.25) is 11.9 Å². The van der Waals surface area contributed by atoms with Crippen LogP contribution in [0.25, 0.3) is 11.3 Å². The summed E-state index contributed by atoms with van der Waals surface area (Å²) in [6.45, 7) is 1.71. The molecule has 24 heavy (non-hydrogen) atoms. The minimum Gasteiger partial charge on any atom is -0.460 e. The van der Waals surface area contributed by atoms with E-state index in [4.69, 9.17) is 13.9 Å². The molecule has 0 unspecified atom stereocenters. The molecular formula is C16H13NO7. The number of carbonyl (C=O) groups is 2. The lowest BCUT2D eigenvalue weighted by Gasteiger charge is -2.06. The van der Waals surface area contributed by atoms with Crippen LogP contribution >= 0.6 is 0 Å². The lowest BCUT2D eigenvalue weighted by Crippen LogP contribution is -2.22. The van der Waals surface area contributed by atoms with E-state index in [1.807, 2.05) is 0 Å². The maximum Gasteiger partial charge on any atom is 0.375 e. The van der Waals surface area contributed by atoms with Crippen LogP contribution < -0.4 is 0 Å². The molecule has 8 nitrogen and oxygen atoms in total. The number of nitro benzene ring substituents is 1. The van der Waals surface area contributed by atoms with Crippen molar-refractivity contribution >= 4 is 17.6 Å². The highest BCUT2D eigenvalue weighted by molar-refractivity contribution is 5.90. The second-order valence-electron chi connectivity index (χ2n) is 5.35. The van der Waals surface area contributed by atoms with E-state index >= 15 is 0 Å². The normalized spacial score (nSPS) is 19.8. The van der Waals surface area contributed by atoms with Crippen molar-refractivity contribution in [2.45, 2.75) is 25.6 Å². The average Bonchev–Trinajstić information content (AvgIpc) is 3.15. The van der Waals surface area contributed by atoms with Crippen molar-refractivity contribution in [1.82, 2.24) is 0 Å². The highest BCUT2D eigenvalue weighted by Gasteiger charge is 2.35. The molecule has 0 bridgehead atoms. The van der Waals surface area contributed by atoms with Gasteiger partial charge in [0.15, 0.2) is 0 Å². The fraction of sp³-hybridized carbons (Fsp3) is 0.250. The molecule has 3 rings (SSSR count).